The summed E-state index contributed by atoms with van der Waals surface area (Å²) in [5.74, 6) is -1.85. The largest absolute Gasteiger partial charge is 0.396 e. The zero-order chi connectivity index (χ0) is 15.0. The van der Waals surface area contributed by atoms with Crippen LogP contribution in [0, 0.1) is 17.5 Å². The molecule has 3 nitrogen and oxygen atoms in total. The molecule has 106 valence electrons. The topological polar surface area (TPSA) is 43.8 Å². The molecule has 1 heterocycles. The summed E-state index contributed by atoms with van der Waals surface area (Å²) in [6, 6.07) is 8.80. The lowest BCUT2D eigenvalue weighted by molar-refractivity contribution is 0.584. The highest BCUT2D eigenvalue weighted by molar-refractivity contribution is 5.72. The van der Waals surface area contributed by atoms with Crippen molar-refractivity contribution < 1.29 is 13.2 Å². The van der Waals surface area contributed by atoms with Gasteiger partial charge in [-0.2, -0.15) is 5.10 Å². The first-order valence-corrected chi connectivity index (χ1v) is 6.10. The maximum absolute atomic E-state index is 13.3. The third-order valence-corrected chi connectivity index (χ3v) is 2.95. The van der Waals surface area contributed by atoms with E-state index in [0.29, 0.717) is 5.69 Å². The molecular formula is C15H10F3N3. The highest BCUT2D eigenvalue weighted by atomic mass is 19.1. The van der Waals surface area contributed by atoms with Crippen molar-refractivity contribution in [2.24, 2.45) is 0 Å². The number of nitrogens with two attached hydrogens (primary N) is 1. The molecule has 0 saturated heterocycles. The first kappa shape index (κ1) is 13.2. The Hall–Kier alpha value is -2.76. The zero-order valence-electron chi connectivity index (χ0n) is 10.7. The molecule has 3 aromatic rings. The van der Waals surface area contributed by atoms with Crippen LogP contribution in [-0.4, -0.2) is 9.78 Å². The predicted octanol–water partition coefficient (Wildman–Crippen LogP) is 3.54. The highest BCUT2D eigenvalue weighted by Gasteiger charge is 2.12. The second-order valence-electron chi connectivity index (χ2n) is 4.52. The Morgan fingerprint density at radius 1 is 0.905 bits per heavy atom. The summed E-state index contributed by atoms with van der Waals surface area (Å²) in [6.45, 7) is 0. The number of anilines is 1. The summed E-state index contributed by atoms with van der Waals surface area (Å²) in [6.07, 6.45) is 1.47. The molecule has 0 spiro atoms. The van der Waals surface area contributed by atoms with Crippen LogP contribution in [0.4, 0.5) is 18.9 Å². The normalized spacial score (nSPS) is 10.8. The quantitative estimate of drug-likeness (QED) is 0.784. The molecule has 3 rings (SSSR count). The Labute approximate surface area is 118 Å². The Morgan fingerprint density at radius 2 is 1.62 bits per heavy atom. The molecule has 0 bridgehead atoms. The molecule has 0 radical (unpaired) electrons. The number of hydrogen-bond donors (Lipinski definition) is 1. The van der Waals surface area contributed by atoms with Gasteiger partial charge in [-0.1, -0.05) is 6.07 Å². The van der Waals surface area contributed by atoms with Gasteiger partial charge in [-0.15, -0.1) is 0 Å². The van der Waals surface area contributed by atoms with Crippen molar-refractivity contribution in [3.05, 3.63) is 66.1 Å². The van der Waals surface area contributed by atoms with Crippen molar-refractivity contribution in [3.63, 3.8) is 0 Å². The average molecular weight is 289 g/mol. The van der Waals surface area contributed by atoms with Crippen molar-refractivity contribution in [1.82, 2.24) is 9.78 Å². The second-order valence-corrected chi connectivity index (χ2v) is 4.52. The van der Waals surface area contributed by atoms with Gasteiger partial charge in [-0.3, -0.25) is 0 Å². The fourth-order valence-corrected chi connectivity index (χ4v) is 2.05. The van der Waals surface area contributed by atoms with Gasteiger partial charge in [-0.25, -0.2) is 17.9 Å². The van der Waals surface area contributed by atoms with E-state index in [9.17, 15) is 13.2 Å². The first-order chi connectivity index (χ1) is 10.0. The van der Waals surface area contributed by atoms with E-state index in [2.05, 4.69) is 5.10 Å². The van der Waals surface area contributed by atoms with Gasteiger partial charge in [0.25, 0.3) is 0 Å². The van der Waals surface area contributed by atoms with Gasteiger partial charge >= 0.3 is 0 Å². The molecule has 2 N–H and O–H groups in total. The summed E-state index contributed by atoms with van der Waals surface area (Å²) >= 11 is 0. The van der Waals surface area contributed by atoms with Crippen LogP contribution in [-0.2, 0) is 0 Å². The standard InChI is InChI=1S/C15H10F3N3/c16-10-2-1-3-13(7-10)21-8-14(19)15(20-21)9-4-11(17)6-12(18)5-9/h1-8H,19H2. The van der Waals surface area contributed by atoms with Crippen molar-refractivity contribution in [2.75, 3.05) is 5.73 Å². The fraction of sp³-hybridized carbons (Fsp3) is 0. The van der Waals surface area contributed by atoms with E-state index in [1.54, 1.807) is 6.07 Å². The highest BCUT2D eigenvalue weighted by Crippen LogP contribution is 2.27. The van der Waals surface area contributed by atoms with E-state index in [-0.39, 0.29) is 16.9 Å². The summed E-state index contributed by atoms with van der Waals surface area (Å²) in [5.41, 5.74) is 6.99. The maximum atomic E-state index is 13.3. The zero-order valence-corrected chi connectivity index (χ0v) is 10.7. The molecule has 0 aliphatic rings. The van der Waals surface area contributed by atoms with Crippen LogP contribution in [0.3, 0.4) is 0 Å². The second kappa shape index (κ2) is 4.97. The number of rotatable bonds is 2. The lowest BCUT2D eigenvalue weighted by Crippen LogP contribution is -1.95. The Bertz CT molecular complexity index is 791. The molecule has 0 amide bonds. The van der Waals surface area contributed by atoms with Gasteiger partial charge in [-0.05, 0) is 30.3 Å². The number of benzene rings is 2. The summed E-state index contributed by atoms with van der Waals surface area (Å²) < 4.78 is 41.1. The number of hydrogen-bond acceptors (Lipinski definition) is 2. The molecule has 0 fully saturated rings. The lowest BCUT2D eigenvalue weighted by atomic mass is 10.1. The molecule has 0 aliphatic heterocycles. The number of aromatic nitrogens is 2. The van der Waals surface area contributed by atoms with E-state index in [0.717, 1.165) is 18.2 Å². The van der Waals surface area contributed by atoms with Crippen LogP contribution in [0.5, 0.6) is 0 Å². The summed E-state index contributed by atoms with van der Waals surface area (Å²) in [5, 5.41) is 4.17. The lowest BCUT2D eigenvalue weighted by Gasteiger charge is -2.01. The van der Waals surface area contributed by atoms with Crippen LogP contribution >= 0.6 is 0 Å². The molecule has 21 heavy (non-hydrogen) atoms. The van der Waals surface area contributed by atoms with Gasteiger partial charge in [0.2, 0.25) is 0 Å². The fourth-order valence-electron chi connectivity index (χ4n) is 2.05. The van der Waals surface area contributed by atoms with Gasteiger partial charge < -0.3 is 5.73 Å². The van der Waals surface area contributed by atoms with E-state index in [1.165, 1.54) is 29.1 Å². The van der Waals surface area contributed by atoms with Crippen LogP contribution in [0.2, 0.25) is 0 Å². The molecule has 0 unspecified atom stereocenters. The third-order valence-electron chi connectivity index (χ3n) is 2.95. The number of nitrogen functional groups attached to an aromatic ring is 1. The minimum Gasteiger partial charge on any atom is -0.396 e. The van der Waals surface area contributed by atoms with Crippen molar-refractivity contribution in [1.29, 1.82) is 0 Å². The molecular weight excluding hydrogens is 279 g/mol. The third kappa shape index (κ3) is 2.60. The van der Waals surface area contributed by atoms with E-state index >= 15 is 0 Å². The van der Waals surface area contributed by atoms with Crippen LogP contribution in [0.1, 0.15) is 0 Å². The minimum atomic E-state index is -0.718. The Morgan fingerprint density at radius 3 is 2.29 bits per heavy atom. The first-order valence-electron chi connectivity index (χ1n) is 6.10. The minimum absolute atomic E-state index is 0.222. The average Bonchev–Trinajstić information content (AvgIpc) is 2.80. The van der Waals surface area contributed by atoms with Crippen LogP contribution in [0.15, 0.2) is 48.7 Å². The molecule has 0 atom stereocenters. The SMILES string of the molecule is Nc1cn(-c2cccc(F)c2)nc1-c1cc(F)cc(F)c1. The molecule has 6 heteroatoms. The molecule has 2 aromatic carbocycles. The van der Waals surface area contributed by atoms with E-state index in [4.69, 9.17) is 5.73 Å². The van der Waals surface area contributed by atoms with Gasteiger partial charge in [0.1, 0.15) is 23.1 Å². The monoisotopic (exact) mass is 289 g/mol. The Kier molecular flexibility index (Phi) is 3.13. The van der Waals surface area contributed by atoms with Crippen molar-refractivity contribution in [3.8, 4) is 16.9 Å². The molecule has 0 saturated carbocycles. The summed E-state index contributed by atoms with van der Waals surface area (Å²) in [7, 11) is 0. The smallest absolute Gasteiger partial charge is 0.126 e. The van der Waals surface area contributed by atoms with Gasteiger partial charge in [0.15, 0.2) is 0 Å². The Balaban J connectivity index is 2.09. The number of nitrogens with zero attached hydrogens (tertiary/aromatic N) is 2. The predicted molar refractivity (Wildman–Crippen MR) is 73.3 cm³/mol. The molecule has 0 aliphatic carbocycles. The van der Waals surface area contributed by atoms with Gasteiger partial charge in [0.05, 0.1) is 17.6 Å². The molecule has 1 aromatic heterocycles. The summed E-state index contributed by atoms with van der Waals surface area (Å²) in [4.78, 5) is 0. The van der Waals surface area contributed by atoms with Crippen molar-refractivity contribution >= 4 is 5.69 Å². The van der Waals surface area contributed by atoms with E-state index < -0.39 is 17.5 Å². The number of halogens is 3. The van der Waals surface area contributed by atoms with Gasteiger partial charge in [0, 0.05) is 11.6 Å². The maximum Gasteiger partial charge on any atom is 0.126 e. The van der Waals surface area contributed by atoms with Crippen LogP contribution in [0.25, 0.3) is 16.9 Å². The van der Waals surface area contributed by atoms with Crippen molar-refractivity contribution in [2.45, 2.75) is 0 Å². The van der Waals surface area contributed by atoms with Crippen LogP contribution < -0.4 is 5.73 Å². The van der Waals surface area contributed by atoms with E-state index in [1.807, 2.05) is 0 Å².